The molecule has 0 aliphatic carbocycles. The summed E-state index contributed by atoms with van der Waals surface area (Å²) in [5.74, 6) is -0.342. The number of ketones is 1. The van der Waals surface area contributed by atoms with Gasteiger partial charge < -0.3 is 4.74 Å². The van der Waals surface area contributed by atoms with Gasteiger partial charge in [0.05, 0.1) is 0 Å². The molecule has 0 spiro atoms. The van der Waals surface area contributed by atoms with E-state index in [1.54, 1.807) is 19.9 Å². The minimum Gasteiger partial charge on any atom is -0.489 e. The lowest BCUT2D eigenvalue weighted by Gasteiger charge is -2.09. The van der Waals surface area contributed by atoms with Crippen LogP contribution >= 0.6 is 0 Å². The maximum Gasteiger partial charge on any atom is 0.165 e. The van der Waals surface area contributed by atoms with Crippen molar-refractivity contribution in [3.8, 4) is 5.75 Å². The highest BCUT2D eigenvalue weighted by molar-refractivity contribution is 5.97. The van der Waals surface area contributed by atoms with Gasteiger partial charge in [-0.3, -0.25) is 4.79 Å². The van der Waals surface area contributed by atoms with E-state index in [4.69, 9.17) is 4.74 Å². The molecule has 3 heteroatoms. The summed E-state index contributed by atoms with van der Waals surface area (Å²) in [5.41, 5.74) is 1.34. The molecular weight excluding hydrogens is 255 g/mol. The molecule has 0 heterocycles. The van der Waals surface area contributed by atoms with Crippen LogP contribution in [-0.2, 0) is 6.61 Å². The van der Waals surface area contributed by atoms with Gasteiger partial charge in [-0.2, -0.15) is 0 Å². The first kappa shape index (κ1) is 14.3. The lowest BCUT2D eigenvalue weighted by atomic mass is 10.0. The van der Waals surface area contributed by atoms with E-state index in [1.807, 2.05) is 30.3 Å². The van der Waals surface area contributed by atoms with Crippen LogP contribution in [0.4, 0.5) is 4.39 Å². The summed E-state index contributed by atoms with van der Waals surface area (Å²) < 4.78 is 19.1. The zero-order chi connectivity index (χ0) is 14.5. The molecule has 2 rings (SSSR count). The third-order valence-electron chi connectivity index (χ3n) is 2.93. The number of ether oxygens (including phenoxy) is 1. The van der Waals surface area contributed by atoms with E-state index >= 15 is 0 Å². The summed E-state index contributed by atoms with van der Waals surface area (Å²) in [6.07, 6.45) is 0. The van der Waals surface area contributed by atoms with Crippen LogP contribution in [0.3, 0.4) is 0 Å². The fraction of sp³-hybridized carbons (Fsp3) is 0.235. The highest BCUT2D eigenvalue weighted by atomic mass is 19.1. The summed E-state index contributed by atoms with van der Waals surface area (Å²) in [7, 11) is 0. The van der Waals surface area contributed by atoms with Crippen molar-refractivity contribution in [2.45, 2.75) is 20.5 Å². The topological polar surface area (TPSA) is 26.3 Å². The SMILES string of the molecule is CC(C)C(=O)c1cc(F)cc(OCc2ccccc2)c1. The first-order valence-electron chi connectivity index (χ1n) is 6.58. The Bertz CT molecular complexity index is 591. The molecule has 0 fully saturated rings. The van der Waals surface area contributed by atoms with Gasteiger partial charge in [-0.05, 0) is 17.7 Å². The fourth-order valence-electron chi connectivity index (χ4n) is 1.86. The summed E-state index contributed by atoms with van der Waals surface area (Å²) in [6.45, 7) is 3.93. The van der Waals surface area contributed by atoms with Gasteiger partial charge in [0.1, 0.15) is 18.2 Å². The molecule has 2 aromatic carbocycles. The number of carbonyl (C=O) groups excluding carboxylic acids is 1. The van der Waals surface area contributed by atoms with Crippen LogP contribution in [0.5, 0.6) is 5.75 Å². The van der Waals surface area contributed by atoms with E-state index in [-0.39, 0.29) is 11.7 Å². The van der Waals surface area contributed by atoms with Crippen LogP contribution in [-0.4, -0.2) is 5.78 Å². The highest BCUT2D eigenvalue weighted by Gasteiger charge is 2.13. The zero-order valence-corrected chi connectivity index (χ0v) is 11.6. The van der Waals surface area contributed by atoms with Gasteiger partial charge in [-0.15, -0.1) is 0 Å². The molecule has 0 unspecified atom stereocenters. The van der Waals surface area contributed by atoms with Crippen molar-refractivity contribution in [3.05, 3.63) is 65.5 Å². The lowest BCUT2D eigenvalue weighted by molar-refractivity contribution is 0.0938. The van der Waals surface area contributed by atoms with Crippen LogP contribution < -0.4 is 4.74 Å². The van der Waals surface area contributed by atoms with Crippen molar-refractivity contribution >= 4 is 5.78 Å². The molecule has 0 N–H and O–H groups in total. The number of Topliss-reactive ketones (excluding diaryl/α,β-unsaturated/α-hetero) is 1. The first-order valence-corrected chi connectivity index (χ1v) is 6.58. The van der Waals surface area contributed by atoms with Crippen molar-refractivity contribution in [2.24, 2.45) is 5.92 Å². The van der Waals surface area contributed by atoms with Gasteiger partial charge >= 0.3 is 0 Å². The van der Waals surface area contributed by atoms with Crippen molar-refractivity contribution < 1.29 is 13.9 Å². The average molecular weight is 272 g/mol. The van der Waals surface area contributed by atoms with Crippen LogP contribution in [0.25, 0.3) is 0 Å². The van der Waals surface area contributed by atoms with Crippen molar-refractivity contribution in [3.63, 3.8) is 0 Å². The van der Waals surface area contributed by atoms with E-state index in [2.05, 4.69) is 0 Å². The minimum atomic E-state index is -0.459. The Hall–Kier alpha value is -2.16. The van der Waals surface area contributed by atoms with Crippen molar-refractivity contribution in [1.29, 1.82) is 0 Å². The van der Waals surface area contributed by atoms with E-state index < -0.39 is 5.82 Å². The van der Waals surface area contributed by atoms with Gasteiger partial charge in [0.15, 0.2) is 5.78 Å². The second-order valence-corrected chi connectivity index (χ2v) is 4.97. The molecular formula is C17H17FO2. The number of rotatable bonds is 5. The van der Waals surface area contributed by atoms with E-state index in [9.17, 15) is 9.18 Å². The fourth-order valence-corrected chi connectivity index (χ4v) is 1.86. The largest absolute Gasteiger partial charge is 0.489 e. The molecule has 0 aliphatic rings. The maximum atomic E-state index is 13.5. The standard InChI is InChI=1S/C17H17FO2/c1-12(2)17(19)14-8-15(18)10-16(9-14)20-11-13-6-4-3-5-7-13/h3-10,12H,11H2,1-2H3. The third-order valence-corrected chi connectivity index (χ3v) is 2.93. The summed E-state index contributed by atoms with van der Waals surface area (Å²) in [6, 6.07) is 13.7. The molecule has 20 heavy (non-hydrogen) atoms. The predicted octanol–water partition coefficient (Wildman–Crippen LogP) is 4.24. The second-order valence-electron chi connectivity index (χ2n) is 4.97. The number of hydrogen-bond donors (Lipinski definition) is 0. The quantitative estimate of drug-likeness (QED) is 0.761. The van der Waals surface area contributed by atoms with E-state index in [1.165, 1.54) is 12.1 Å². The molecule has 2 aromatic rings. The molecule has 0 saturated heterocycles. The molecule has 0 aromatic heterocycles. The lowest BCUT2D eigenvalue weighted by Crippen LogP contribution is -2.08. The molecule has 0 saturated carbocycles. The van der Waals surface area contributed by atoms with Crippen LogP contribution in [0.1, 0.15) is 29.8 Å². The Morgan fingerprint density at radius 2 is 1.85 bits per heavy atom. The predicted molar refractivity (Wildman–Crippen MR) is 76.3 cm³/mol. The minimum absolute atomic E-state index is 0.0888. The van der Waals surface area contributed by atoms with Gasteiger partial charge in [-0.1, -0.05) is 44.2 Å². The molecule has 0 amide bonds. The summed E-state index contributed by atoms with van der Waals surface area (Å²) >= 11 is 0. The molecule has 104 valence electrons. The summed E-state index contributed by atoms with van der Waals surface area (Å²) in [4.78, 5) is 11.9. The summed E-state index contributed by atoms with van der Waals surface area (Å²) in [5, 5.41) is 0. The molecule has 0 atom stereocenters. The Morgan fingerprint density at radius 1 is 1.15 bits per heavy atom. The van der Waals surface area contributed by atoms with E-state index in [0.717, 1.165) is 5.56 Å². The van der Waals surface area contributed by atoms with Gasteiger partial charge in [0.2, 0.25) is 0 Å². The van der Waals surface area contributed by atoms with Gasteiger partial charge in [-0.25, -0.2) is 4.39 Å². The molecule has 2 nitrogen and oxygen atoms in total. The van der Waals surface area contributed by atoms with Crippen LogP contribution in [0.15, 0.2) is 48.5 Å². The van der Waals surface area contributed by atoms with Crippen molar-refractivity contribution in [2.75, 3.05) is 0 Å². The third kappa shape index (κ3) is 3.67. The maximum absolute atomic E-state index is 13.5. The average Bonchev–Trinajstić information content (AvgIpc) is 2.44. The highest BCUT2D eigenvalue weighted by Crippen LogP contribution is 2.20. The van der Waals surface area contributed by atoms with Crippen LogP contribution in [0.2, 0.25) is 0 Å². The normalized spacial score (nSPS) is 10.6. The number of halogens is 1. The monoisotopic (exact) mass is 272 g/mol. The smallest absolute Gasteiger partial charge is 0.165 e. The van der Waals surface area contributed by atoms with Crippen LogP contribution in [0, 0.1) is 11.7 Å². The Kier molecular flexibility index (Phi) is 4.51. The number of benzene rings is 2. The molecule has 0 bridgehead atoms. The Labute approximate surface area is 118 Å². The van der Waals surface area contributed by atoms with Crippen molar-refractivity contribution in [1.82, 2.24) is 0 Å². The zero-order valence-electron chi connectivity index (χ0n) is 11.6. The second kappa shape index (κ2) is 6.33. The Balaban J connectivity index is 2.14. The molecule has 0 aliphatic heterocycles. The first-order chi connectivity index (χ1) is 9.56. The van der Waals surface area contributed by atoms with Gasteiger partial charge in [0, 0.05) is 17.5 Å². The Morgan fingerprint density at radius 3 is 2.50 bits per heavy atom. The van der Waals surface area contributed by atoms with E-state index in [0.29, 0.717) is 17.9 Å². The number of hydrogen-bond acceptors (Lipinski definition) is 2. The molecule has 0 radical (unpaired) electrons. The van der Waals surface area contributed by atoms with Gasteiger partial charge in [0.25, 0.3) is 0 Å². The number of carbonyl (C=O) groups is 1.